The van der Waals surface area contributed by atoms with Gasteiger partial charge >= 0.3 is 0 Å². The van der Waals surface area contributed by atoms with E-state index in [0.717, 1.165) is 21.5 Å². The molecule has 0 N–H and O–H groups in total. The number of methoxy groups -OCH3 is 1. The molecule has 0 aromatic heterocycles. The summed E-state index contributed by atoms with van der Waals surface area (Å²) in [7, 11) is 3.36. The maximum atomic E-state index is 12.0. The number of nitrogens with zero attached hydrogens (tertiary/aromatic N) is 1. The predicted molar refractivity (Wildman–Crippen MR) is 73.5 cm³/mol. The highest BCUT2D eigenvalue weighted by Crippen LogP contribution is 2.30. The van der Waals surface area contributed by atoms with Gasteiger partial charge in [-0.1, -0.05) is 6.08 Å². The van der Waals surface area contributed by atoms with E-state index < -0.39 is 0 Å². The molecule has 0 spiro atoms. The summed E-state index contributed by atoms with van der Waals surface area (Å²) >= 11 is 3.43. The van der Waals surface area contributed by atoms with Gasteiger partial charge in [0.15, 0.2) is 0 Å². The van der Waals surface area contributed by atoms with Gasteiger partial charge in [-0.25, -0.2) is 0 Å². The van der Waals surface area contributed by atoms with Crippen LogP contribution in [-0.2, 0) is 4.79 Å². The van der Waals surface area contributed by atoms with Crippen LogP contribution in [0.1, 0.15) is 13.8 Å². The minimum atomic E-state index is -0.0154. The van der Waals surface area contributed by atoms with E-state index >= 15 is 0 Å². The maximum Gasteiger partial charge on any atom is 0.253 e. The molecule has 3 nitrogen and oxygen atoms in total. The Labute approximate surface area is 110 Å². The van der Waals surface area contributed by atoms with E-state index in [2.05, 4.69) is 15.9 Å². The predicted octanol–water partition coefficient (Wildman–Crippen LogP) is 3.39. The van der Waals surface area contributed by atoms with Crippen LogP contribution in [0.25, 0.3) is 0 Å². The molecule has 0 radical (unpaired) electrons. The SMILES string of the molecule is C/C=C(/C)C(=O)N(C)c1ccc(OC)cc1Br. The topological polar surface area (TPSA) is 29.5 Å². The summed E-state index contributed by atoms with van der Waals surface area (Å²) in [6, 6.07) is 5.52. The van der Waals surface area contributed by atoms with E-state index in [1.54, 1.807) is 32.1 Å². The molecule has 92 valence electrons. The van der Waals surface area contributed by atoms with Crippen molar-refractivity contribution in [2.45, 2.75) is 13.8 Å². The van der Waals surface area contributed by atoms with Gasteiger partial charge in [-0.15, -0.1) is 0 Å². The molecular formula is C13H16BrNO2. The second kappa shape index (κ2) is 5.87. The van der Waals surface area contributed by atoms with Crippen LogP contribution in [0.5, 0.6) is 5.75 Å². The number of amides is 1. The number of anilines is 1. The minimum absolute atomic E-state index is 0.0154. The van der Waals surface area contributed by atoms with E-state index in [4.69, 9.17) is 4.74 Å². The lowest BCUT2D eigenvalue weighted by molar-refractivity contribution is -0.114. The van der Waals surface area contributed by atoms with Crippen molar-refractivity contribution in [1.29, 1.82) is 0 Å². The van der Waals surface area contributed by atoms with Crippen LogP contribution in [0, 0.1) is 0 Å². The van der Waals surface area contributed by atoms with Crippen LogP contribution in [0.3, 0.4) is 0 Å². The monoisotopic (exact) mass is 297 g/mol. The van der Waals surface area contributed by atoms with Crippen molar-refractivity contribution in [3.8, 4) is 5.75 Å². The molecule has 17 heavy (non-hydrogen) atoms. The number of likely N-dealkylation sites (N-methyl/N-ethyl adjacent to an activating group) is 1. The lowest BCUT2D eigenvalue weighted by Crippen LogP contribution is -2.27. The normalized spacial score (nSPS) is 11.2. The largest absolute Gasteiger partial charge is 0.497 e. The molecule has 0 saturated carbocycles. The van der Waals surface area contributed by atoms with Gasteiger partial charge in [-0.3, -0.25) is 4.79 Å². The summed E-state index contributed by atoms with van der Waals surface area (Å²) in [5, 5.41) is 0. The molecule has 1 amide bonds. The van der Waals surface area contributed by atoms with Gasteiger partial charge in [-0.05, 0) is 48.0 Å². The fraction of sp³-hybridized carbons (Fsp3) is 0.308. The second-order valence-corrected chi connectivity index (χ2v) is 4.51. The number of ether oxygens (including phenoxy) is 1. The number of carbonyl (C=O) groups is 1. The highest BCUT2D eigenvalue weighted by Gasteiger charge is 2.15. The molecule has 0 bridgehead atoms. The highest BCUT2D eigenvalue weighted by atomic mass is 79.9. The molecule has 0 saturated heterocycles. The molecule has 0 aliphatic heterocycles. The van der Waals surface area contributed by atoms with Crippen molar-refractivity contribution < 1.29 is 9.53 Å². The van der Waals surface area contributed by atoms with Crippen molar-refractivity contribution in [2.75, 3.05) is 19.1 Å². The zero-order valence-electron chi connectivity index (χ0n) is 10.5. The van der Waals surface area contributed by atoms with Crippen molar-refractivity contribution in [1.82, 2.24) is 0 Å². The van der Waals surface area contributed by atoms with Gasteiger partial charge < -0.3 is 9.64 Å². The average Bonchev–Trinajstić information content (AvgIpc) is 2.35. The fourth-order valence-electron chi connectivity index (χ4n) is 1.38. The Balaban J connectivity index is 3.05. The molecule has 1 aromatic rings. The quantitative estimate of drug-likeness (QED) is 0.801. The van der Waals surface area contributed by atoms with Gasteiger partial charge in [-0.2, -0.15) is 0 Å². The number of benzene rings is 1. The molecule has 4 heteroatoms. The smallest absolute Gasteiger partial charge is 0.253 e. The fourth-order valence-corrected chi connectivity index (χ4v) is 2.01. The van der Waals surface area contributed by atoms with Crippen molar-refractivity contribution in [3.63, 3.8) is 0 Å². The lowest BCUT2D eigenvalue weighted by Gasteiger charge is -2.19. The number of allylic oxidation sites excluding steroid dienone is 1. The highest BCUT2D eigenvalue weighted by molar-refractivity contribution is 9.10. The third-order valence-electron chi connectivity index (χ3n) is 2.59. The average molecular weight is 298 g/mol. The Bertz CT molecular complexity index is 455. The van der Waals surface area contributed by atoms with Crippen LogP contribution in [-0.4, -0.2) is 20.1 Å². The first-order valence-electron chi connectivity index (χ1n) is 5.25. The van der Waals surface area contributed by atoms with E-state index in [9.17, 15) is 4.79 Å². The van der Waals surface area contributed by atoms with E-state index in [1.165, 1.54) is 0 Å². The van der Waals surface area contributed by atoms with Gasteiger partial charge in [0.2, 0.25) is 0 Å². The van der Waals surface area contributed by atoms with Crippen LogP contribution in [0.4, 0.5) is 5.69 Å². The van der Waals surface area contributed by atoms with Crippen LogP contribution in [0.2, 0.25) is 0 Å². The Morgan fingerprint density at radius 2 is 2.12 bits per heavy atom. The maximum absolute atomic E-state index is 12.0. The molecule has 0 atom stereocenters. The van der Waals surface area contributed by atoms with E-state index in [0.29, 0.717) is 0 Å². The van der Waals surface area contributed by atoms with Crippen LogP contribution < -0.4 is 9.64 Å². The summed E-state index contributed by atoms with van der Waals surface area (Å²) in [5.41, 5.74) is 1.53. The minimum Gasteiger partial charge on any atom is -0.497 e. The Hall–Kier alpha value is -1.29. The van der Waals surface area contributed by atoms with Gasteiger partial charge in [0.25, 0.3) is 5.91 Å². The number of hydrogen-bond donors (Lipinski definition) is 0. The van der Waals surface area contributed by atoms with Crippen LogP contribution >= 0.6 is 15.9 Å². The number of rotatable bonds is 3. The molecule has 1 aromatic carbocycles. The standard InChI is InChI=1S/C13H16BrNO2/c1-5-9(2)13(16)15(3)12-7-6-10(17-4)8-11(12)14/h5-8H,1-4H3/b9-5-. The summed E-state index contributed by atoms with van der Waals surface area (Å²) in [4.78, 5) is 13.6. The van der Waals surface area contributed by atoms with Gasteiger partial charge in [0.1, 0.15) is 5.75 Å². The summed E-state index contributed by atoms with van der Waals surface area (Å²) < 4.78 is 5.94. The third kappa shape index (κ3) is 3.09. The molecule has 0 unspecified atom stereocenters. The number of carbonyl (C=O) groups excluding carboxylic acids is 1. The summed E-state index contributed by atoms with van der Waals surface area (Å²) in [5.74, 6) is 0.739. The summed E-state index contributed by atoms with van der Waals surface area (Å²) in [6.45, 7) is 3.65. The molecular weight excluding hydrogens is 282 g/mol. The number of halogens is 1. The Morgan fingerprint density at radius 3 is 2.59 bits per heavy atom. The van der Waals surface area contributed by atoms with E-state index in [-0.39, 0.29) is 5.91 Å². The molecule has 0 aliphatic rings. The first kappa shape index (κ1) is 13.8. The van der Waals surface area contributed by atoms with Gasteiger partial charge in [0, 0.05) is 17.1 Å². The Kier molecular flexibility index (Phi) is 4.75. The molecule has 0 fully saturated rings. The first-order valence-corrected chi connectivity index (χ1v) is 6.05. The zero-order chi connectivity index (χ0) is 13.0. The summed E-state index contributed by atoms with van der Waals surface area (Å²) in [6.07, 6.45) is 1.80. The number of hydrogen-bond acceptors (Lipinski definition) is 2. The van der Waals surface area contributed by atoms with Crippen molar-refractivity contribution in [2.24, 2.45) is 0 Å². The van der Waals surface area contributed by atoms with Crippen molar-refractivity contribution in [3.05, 3.63) is 34.3 Å². The first-order chi connectivity index (χ1) is 8.01. The second-order valence-electron chi connectivity index (χ2n) is 3.65. The lowest BCUT2D eigenvalue weighted by atomic mass is 10.2. The third-order valence-corrected chi connectivity index (χ3v) is 3.23. The zero-order valence-corrected chi connectivity index (χ0v) is 12.0. The van der Waals surface area contributed by atoms with Crippen molar-refractivity contribution >= 4 is 27.5 Å². The van der Waals surface area contributed by atoms with E-state index in [1.807, 2.05) is 25.1 Å². The van der Waals surface area contributed by atoms with Crippen LogP contribution in [0.15, 0.2) is 34.3 Å². The molecule has 1 rings (SSSR count). The molecule has 0 heterocycles. The van der Waals surface area contributed by atoms with Gasteiger partial charge in [0.05, 0.1) is 12.8 Å². The Morgan fingerprint density at radius 1 is 1.47 bits per heavy atom. The molecule has 0 aliphatic carbocycles.